The first-order valence-electron chi connectivity index (χ1n) is 8.47. The number of nitrogens with one attached hydrogen (secondary N) is 2. The zero-order chi connectivity index (χ0) is 20.0. The highest BCUT2D eigenvalue weighted by atomic mass is 16.4. The first kappa shape index (κ1) is 17.5. The molecule has 0 bridgehead atoms. The Morgan fingerprint density at radius 2 is 1.79 bits per heavy atom. The van der Waals surface area contributed by atoms with Gasteiger partial charge in [0.2, 0.25) is 0 Å². The number of imidazole rings is 1. The Bertz CT molecular complexity index is 1280. The summed E-state index contributed by atoms with van der Waals surface area (Å²) < 4.78 is 0. The molecule has 140 valence electrons. The molecule has 0 aliphatic carbocycles. The minimum Gasteiger partial charge on any atom is -0.507 e. The summed E-state index contributed by atoms with van der Waals surface area (Å²) in [6.45, 7) is 3.58. The maximum Gasteiger partial charge on any atom is 0.335 e. The van der Waals surface area contributed by atoms with E-state index in [-0.39, 0.29) is 16.9 Å². The molecular formula is C20H16N4O4. The molecule has 0 radical (unpaired) electrons. The van der Waals surface area contributed by atoms with E-state index in [9.17, 15) is 14.7 Å². The first-order chi connectivity index (χ1) is 13.3. The molecule has 0 fully saturated rings. The fourth-order valence-corrected chi connectivity index (χ4v) is 3.10. The van der Waals surface area contributed by atoms with E-state index in [2.05, 4.69) is 20.2 Å². The number of phenols is 1. The third-order valence-corrected chi connectivity index (χ3v) is 4.57. The summed E-state index contributed by atoms with van der Waals surface area (Å²) >= 11 is 0. The number of carboxylic acids is 1. The van der Waals surface area contributed by atoms with Crippen LogP contribution in [-0.4, -0.2) is 36.3 Å². The molecule has 4 aromatic rings. The van der Waals surface area contributed by atoms with Crippen LogP contribution in [0.15, 0.2) is 41.2 Å². The number of carbonyl (C=O) groups is 1. The standard InChI is InChI=1S/C20H16N4O4/c1-9-5-12(6-10(2)17(9)25)15-8-13(19(26)24-23-15)18-21-14-4-3-11(20(27)28)7-16(14)22-18/h3-8,25H,1-2H3,(H,21,22)(H,24,26)(H,27,28). The lowest BCUT2D eigenvalue weighted by Gasteiger charge is -2.08. The first-order valence-corrected chi connectivity index (χ1v) is 8.47. The number of rotatable bonds is 3. The molecule has 4 rings (SSSR count). The van der Waals surface area contributed by atoms with Gasteiger partial charge in [-0.3, -0.25) is 4.79 Å². The average Bonchev–Trinajstić information content (AvgIpc) is 3.09. The Balaban J connectivity index is 1.85. The van der Waals surface area contributed by atoms with Crippen LogP contribution in [0.2, 0.25) is 0 Å². The van der Waals surface area contributed by atoms with Crippen molar-refractivity contribution in [1.29, 1.82) is 0 Å². The highest BCUT2D eigenvalue weighted by Gasteiger charge is 2.14. The Hall–Kier alpha value is -3.94. The fraction of sp³-hybridized carbons (Fsp3) is 0.100. The van der Waals surface area contributed by atoms with Gasteiger partial charge in [-0.2, -0.15) is 5.10 Å². The molecule has 2 heterocycles. The molecule has 0 aliphatic rings. The molecule has 4 N–H and O–H groups in total. The van der Waals surface area contributed by atoms with Gasteiger partial charge in [0.25, 0.3) is 5.56 Å². The van der Waals surface area contributed by atoms with Crippen LogP contribution in [-0.2, 0) is 0 Å². The Labute approximate surface area is 158 Å². The molecule has 0 amide bonds. The number of aromatic carboxylic acids is 1. The second kappa shape index (κ2) is 6.34. The van der Waals surface area contributed by atoms with E-state index in [1.807, 2.05) is 0 Å². The fourth-order valence-electron chi connectivity index (χ4n) is 3.10. The van der Waals surface area contributed by atoms with E-state index >= 15 is 0 Å². The SMILES string of the molecule is Cc1cc(-c2cc(-c3nc4ccc(C(=O)O)cc4[nH]3)c(=O)[nH]n2)cc(C)c1O. The van der Waals surface area contributed by atoms with Gasteiger partial charge in [0.05, 0.1) is 27.9 Å². The van der Waals surface area contributed by atoms with Gasteiger partial charge in [0.15, 0.2) is 0 Å². The molecule has 0 aliphatic heterocycles. The van der Waals surface area contributed by atoms with Crippen molar-refractivity contribution in [1.82, 2.24) is 20.2 Å². The molecule has 8 heteroatoms. The highest BCUT2D eigenvalue weighted by Crippen LogP contribution is 2.29. The van der Waals surface area contributed by atoms with Gasteiger partial charge in [-0.05, 0) is 61.4 Å². The van der Waals surface area contributed by atoms with Crippen LogP contribution in [0, 0.1) is 13.8 Å². The number of carboxylic acid groups (broad SMARTS) is 1. The molecule has 0 saturated carbocycles. The third-order valence-electron chi connectivity index (χ3n) is 4.57. The monoisotopic (exact) mass is 376 g/mol. The summed E-state index contributed by atoms with van der Waals surface area (Å²) in [7, 11) is 0. The van der Waals surface area contributed by atoms with E-state index in [1.165, 1.54) is 12.1 Å². The van der Waals surface area contributed by atoms with Gasteiger partial charge in [0.1, 0.15) is 11.6 Å². The maximum atomic E-state index is 12.3. The number of hydrogen-bond donors (Lipinski definition) is 4. The van der Waals surface area contributed by atoms with E-state index in [4.69, 9.17) is 5.11 Å². The normalized spacial score (nSPS) is 11.1. The van der Waals surface area contributed by atoms with Crippen molar-refractivity contribution in [2.24, 2.45) is 0 Å². The molecule has 2 aromatic heterocycles. The zero-order valence-electron chi connectivity index (χ0n) is 15.1. The quantitative estimate of drug-likeness (QED) is 0.434. The number of phenolic OH excluding ortho intramolecular Hbond substituents is 1. The van der Waals surface area contributed by atoms with Crippen molar-refractivity contribution in [2.75, 3.05) is 0 Å². The minimum atomic E-state index is -1.04. The summed E-state index contributed by atoms with van der Waals surface area (Å²) in [5, 5.41) is 25.7. The summed E-state index contributed by atoms with van der Waals surface area (Å²) in [5.41, 5.74) is 3.72. The third kappa shape index (κ3) is 2.90. The Morgan fingerprint density at radius 1 is 1.07 bits per heavy atom. The van der Waals surface area contributed by atoms with Crippen molar-refractivity contribution >= 4 is 17.0 Å². The lowest BCUT2D eigenvalue weighted by Crippen LogP contribution is -2.12. The van der Waals surface area contributed by atoms with Crippen LogP contribution in [0.25, 0.3) is 33.7 Å². The van der Waals surface area contributed by atoms with E-state index in [0.29, 0.717) is 33.7 Å². The van der Waals surface area contributed by atoms with Crippen LogP contribution >= 0.6 is 0 Å². The molecule has 0 atom stereocenters. The smallest absolute Gasteiger partial charge is 0.335 e. The van der Waals surface area contributed by atoms with Crippen LogP contribution < -0.4 is 5.56 Å². The number of hydrogen-bond acceptors (Lipinski definition) is 5. The Morgan fingerprint density at radius 3 is 2.46 bits per heavy atom. The second-order valence-corrected chi connectivity index (χ2v) is 6.58. The molecule has 0 spiro atoms. The number of aryl methyl sites for hydroxylation is 2. The van der Waals surface area contributed by atoms with Gasteiger partial charge in [0, 0.05) is 5.56 Å². The van der Waals surface area contributed by atoms with Crippen molar-refractivity contribution in [3.8, 4) is 28.4 Å². The molecule has 8 nitrogen and oxygen atoms in total. The van der Waals surface area contributed by atoms with Gasteiger partial charge in [-0.25, -0.2) is 14.9 Å². The topological polar surface area (TPSA) is 132 Å². The summed E-state index contributed by atoms with van der Waals surface area (Å²) in [5.74, 6) is -0.505. The van der Waals surface area contributed by atoms with E-state index in [1.54, 1.807) is 38.1 Å². The van der Waals surface area contributed by atoms with E-state index < -0.39 is 11.5 Å². The van der Waals surface area contributed by atoms with Gasteiger partial charge in [-0.1, -0.05) is 0 Å². The predicted octanol–water partition coefficient (Wildman–Crippen LogP) is 3.00. The van der Waals surface area contributed by atoms with E-state index in [0.717, 1.165) is 5.56 Å². The molecule has 2 aromatic carbocycles. The van der Waals surface area contributed by atoms with Crippen molar-refractivity contribution in [3.05, 3.63) is 63.4 Å². The van der Waals surface area contributed by atoms with Gasteiger partial charge < -0.3 is 15.2 Å². The maximum absolute atomic E-state index is 12.3. The number of aromatic nitrogens is 4. The number of aromatic hydroxyl groups is 1. The molecular weight excluding hydrogens is 360 g/mol. The van der Waals surface area contributed by atoms with Crippen LogP contribution in [0.1, 0.15) is 21.5 Å². The second-order valence-electron chi connectivity index (χ2n) is 6.58. The lowest BCUT2D eigenvalue weighted by molar-refractivity contribution is 0.0697. The summed E-state index contributed by atoms with van der Waals surface area (Å²) in [6, 6.07) is 9.69. The molecule has 0 unspecified atom stereocenters. The average molecular weight is 376 g/mol. The minimum absolute atomic E-state index is 0.127. The lowest BCUT2D eigenvalue weighted by atomic mass is 10.0. The zero-order valence-corrected chi connectivity index (χ0v) is 15.1. The van der Waals surface area contributed by atoms with Crippen molar-refractivity contribution in [3.63, 3.8) is 0 Å². The predicted molar refractivity (Wildman–Crippen MR) is 103 cm³/mol. The van der Waals surface area contributed by atoms with Crippen molar-refractivity contribution in [2.45, 2.75) is 13.8 Å². The number of H-pyrrole nitrogens is 2. The highest BCUT2D eigenvalue weighted by molar-refractivity contribution is 5.93. The number of aromatic amines is 2. The number of nitrogens with zero attached hydrogens (tertiary/aromatic N) is 2. The Kier molecular flexibility index (Phi) is 3.96. The van der Waals surface area contributed by atoms with Crippen molar-refractivity contribution < 1.29 is 15.0 Å². The number of benzene rings is 2. The van der Waals surface area contributed by atoms with Crippen LogP contribution in [0.3, 0.4) is 0 Å². The van der Waals surface area contributed by atoms with Crippen LogP contribution in [0.4, 0.5) is 0 Å². The van der Waals surface area contributed by atoms with Gasteiger partial charge >= 0.3 is 5.97 Å². The molecule has 0 saturated heterocycles. The largest absolute Gasteiger partial charge is 0.507 e. The summed E-state index contributed by atoms with van der Waals surface area (Å²) in [6.07, 6.45) is 0. The summed E-state index contributed by atoms with van der Waals surface area (Å²) in [4.78, 5) is 30.9. The van der Waals surface area contributed by atoms with Gasteiger partial charge in [-0.15, -0.1) is 0 Å². The van der Waals surface area contributed by atoms with Crippen LogP contribution in [0.5, 0.6) is 5.75 Å². The number of fused-ring (bicyclic) bond motifs is 1. The molecule has 28 heavy (non-hydrogen) atoms.